The second-order valence-electron chi connectivity index (χ2n) is 23.6. The lowest BCUT2D eigenvalue weighted by atomic mass is 9.63. The lowest BCUT2D eigenvalue weighted by molar-refractivity contribution is 0.332. The van der Waals surface area contributed by atoms with Crippen LogP contribution in [-0.2, 0) is 22.6 Å². The maximum Gasteiger partial charge on any atom is 0.137 e. The van der Waals surface area contributed by atoms with Crippen LogP contribution < -0.4 is 14.5 Å². The molecule has 0 bridgehead atoms. The first-order valence-corrected chi connectivity index (χ1v) is 26.9. The molecule has 5 heteroatoms. The van der Waals surface area contributed by atoms with E-state index in [4.69, 9.17) is 13.8 Å². The van der Waals surface area contributed by atoms with Crippen LogP contribution in [0.15, 0.2) is 188 Å². The van der Waals surface area contributed by atoms with Gasteiger partial charge in [-0.2, -0.15) is 0 Å². The highest BCUT2D eigenvalue weighted by molar-refractivity contribution is 6.09. The highest BCUT2D eigenvalue weighted by atomic mass is 16.5. The predicted octanol–water partition coefficient (Wildman–Crippen LogP) is 19.4. The van der Waals surface area contributed by atoms with Crippen LogP contribution >= 0.6 is 0 Å². The van der Waals surface area contributed by atoms with Gasteiger partial charge in [0.05, 0.1) is 28.1 Å². The molecule has 0 saturated heterocycles. The molecule has 0 N–H and O–H groups in total. The minimum absolute atomic E-state index is 0.00377. The summed E-state index contributed by atoms with van der Waals surface area (Å²) in [5.74, 6) is 1.94. The summed E-state index contributed by atoms with van der Waals surface area (Å²) >= 11 is 0. The van der Waals surface area contributed by atoms with E-state index in [1.165, 1.54) is 16.7 Å². The Morgan fingerprint density at radius 2 is 1.24 bits per heavy atom. The van der Waals surface area contributed by atoms with E-state index in [0.717, 1.165) is 91.0 Å². The van der Waals surface area contributed by atoms with Crippen molar-refractivity contribution in [3.05, 3.63) is 216 Å². The Hall–Kier alpha value is -7.89. The van der Waals surface area contributed by atoms with Gasteiger partial charge in [-0.25, -0.2) is 4.98 Å². The fourth-order valence-corrected chi connectivity index (χ4v) is 11.8. The zero-order valence-electron chi connectivity index (χ0n) is 50.3. The normalized spacial score (nSPS) is 16.2. The molecular weight excluding hydrogens is 925 g/mol. The molecular formula is C71H70N4O. The van der Waals surface area contributed by atoms with Crippen LogP contribution in [0.2, 0.25) is 0 Å². The summed E-state index contributed by atoms with van der Waals surface area (Å²) in [7, 11) is 0. The third kappa shape index (κ3) is 8.83. The highest BCUT2D eigenvalue weighted by Gasteiger charge is 2.38. The maximum atomic E-state index is 9.70. The minimum Gasteiger partial charge on any atom is -0.457 e. The Balaban J connectivity index is 0.996. The van der Waals surface area contributed by atoms with Crippen molar-refractivity contribution in [2.45, 2.75) is 105 Å². The molecule has 76 heavy (non-hydrogen) atoms. The Kier molecular flexibility index (Phi) is 10.7. The number of nitrogens with zero attached hydrogens (tertiary/aromatic N) is 4. The molecule has 0 amide bonds. The number of hydrogen-bond acceptors (Lipinski definition) is 4. The van der Waals surface area contributed by atoms with Crippen molar-refractivity contribution in [2.75, 3.05) is 16.5 Å². The number of ether oxygens (including phenoxy) is 1. The molecule has 0 unspecified atom stereocenters. The standard InChI is InChI=1S/C71H70N4O/c1-46(2)38-48-39-59(50-28-26-49(27-29-50)56-21-12-11-18-47(56)3)68(60(40-48)51-30-33-61-62(41-51)71(9,10)36-35-70(61,7)8)74-45-73(64-24-15-16-25-65(64)74)53-19-17-20-54(43-53)76-55-31-32-58-57-22-13-14-23-63(57)75(66(58)44-55)67-42-52(34-37-72-67)69(4,5)6/h11-34,37,39-44,46H,35-36,38,45H2,1-10H3/i3D3,38D2. The second-order valence-corrected chi connectivity index (χ2v) is 23.6. The second kappa shape index (κ2) is 18.7. The average molecular weight is 1000 g/mol. The Labute approximate surface area is 457 Å². The zero-order chi connectivity index (χ0) is 57.0. The van der Waals surface area contributed by atoms with Gasteiger partial charge in [-0.1, -0.05) is 165 Å². The van der Waals surface area contributed by atoms with Crippen LogP contribution in [-0.4, -0.2) is 16.2 Å². The summed E-state index contributed by atoms with van der Waals surface area (Å²) in [4.78, 5) is 9.64. The number of rotatable bonds is 10. The molecule has 0 atom stereocenters. The highest BCUT2D eigenvalue weighted by Crippen LogP contribution is 2.53. The van der Waals surface area contributed by atoms with E-state index in [-0.39, 0.29) is 22.2 Å². The molecule has 0 fully saturated rings. The summed E-state index contributed by atoms with van der Waals surface area (Å²) < 4.78 is 53.6. The van der Waals surface area contributed by atoms with Crippen LogP contribution in [0.5, 0.6) is 11.5 Å². The smallest absolute Gasteiger partial charge is 0.137 e. The molecule has 8 aromatic carbocycles. The third-order valence-corrected chi connectivity index (χ3v) is 16.0. The Morgan fingerprint density at radius 1 is 0.592 bits per heavy atom. The van der Waals surface area contributed by atoms with E-state index < -0.39 is 13.2 Å². The maximum absolute atomic E-state index is 9.70. The molecule has 10 aromatic rings. The van der Waals surface area contributed by atoms with Gasteiger partial charge in [0.25, 0.3) is 0 Å². The van der Waals surface area contributed by atoms with Gasteiger partial charge in [-0.05, 0) is 165 Å². The van der Waals surface area contributed by atoms with Crippen LogP contribution in [0.3, 0.4) is 0 Å². The third-order valence-electron chi connectivity index (χ3n) is 16.0. The van der Waals surface area contributed by atoms with Gasteiger partial charge in [0.2, 0.25) is 0 Å². The van der Waals surface area contributed by atoms with Crippen molar-refractivity contribution in [3.63, 3.8) is 0 Å². The molecule has 380 valence electrons. The van der Waals surface area contributed by atoms with E-state index in [9.17, 15) is 2.74 Å². The van der Waals surface area contributed by atoms with E-state index in [1.54, 1.807) is 12.1 Å². The Bertz CT molecular complexity index is 4070. The monoisotopic (exact) mass is 1000 g/mol. The first-order valence-electron chi connectivity index (χ1n) is 29.4. The fraction of sp³-hybridized carbons (Fsp3) is 0.254. The first-order chi connectivity index (χ1) is 38.5. The van der Waals surface area contributed by atoms with E-state index in [1.807, 2.05) is 56.4 Å². The number of pyridine rings is 1. The van der Waals surface area contributed by atoms with Gasteiger partial charge in [-0.3, -0.25) is 4.57 Å². The van der Waals surface area contributed by atoms with Gasteiger partial charge >= 0.3 is 0 Å². The predicted molar refractivity (Wildman–Crippen MR) is 321 cm³/mol. The van der Waals surface area contributed by atoms with Crippen molar-refractivity contribution in [1.29, 1.82) is 0 Å². The van der Waals surface area contributed by atoms with Crippen molar-refractivity contribution < 1.29 is 11.6 Å². The number of benzene rings is 8. The van der Waals surface area contributed by atoms with Gasteiger partial charge in [0.1, 0.15) is 24.0 Å². The molecule has 5 nitrogen and oxygen atoms in total. The van der Waals surface area contributed by atoms with Crippen molar-refractivity contribution in [1.82, 2.24) is 9.55 Å². The van der Waals surface area contributed by atoms with Crippen LogP contribution in [0, 0.1) is 12.8 Å². The Morgan fingerprint density at radius 3 is 1.99 bits per heavy atom. The molecule has 2 aromatic heterocycles. The quantitative estimate of drug-likeness (QED) is 0.137. The van der Waals surface area contributed by atoms with Gasteiger partial charge in [-0.15, -0.1) is 0 Å². The lowest BCUT2D eigenvalue weighted by Crippen LogP contribution is -2.33. The number of hydrogen-bond donors (Lipinski definition) is 0. The van der Waals surface area contributed by atoms with Crippen LogP contribution in [0.4, 0.5) is 22.7 Å². The van der Waals surface area contributed by atoms with Crippen LogP contribution in [0.25, 0.3) is 61.0 Å². The van der Waals surface area contributed by atoms with E-state index >= 15 is 0 Å². The average Bonchev–Trinajstić information content (AvgIpc) is 4.27. The molecule has 1 aliphatic heterocycles. The number of fused-ring (bicyclic) bond motifs is 5. The summed E-state index contributed by atoms with van der Waals surface area (Å²) in [6, 6.07) is 62.4. The molecule has 0 radical (unpaired) electrons. The lowest BCUT2D eigenvalue weighted by Gasteiger charge is -2.42. The number of para-hydroxylation sites is 3. The molecule has 12 rings (SSSR count). The molecule has 3 heterocycles. The van der Waals surface area contributed by atoms with Gasteiger partial charge < -0.3 is 14.5 Å². The SMILES string of the molecule is [2H]C([2H])([2H])c1ccccc1-c1ccc(-c2cc(C([2H])([2H])C(C)C)cc(-c3ccc4c(c3)C(C)(C)CCC4(C)C)c2N2CN(c3cccc(Oc4ccc5c6ccccc6n(-c6cc(C(C)(C)C)ccn6)c5c4)c3)c3ccccc32)cc1. The number of anilines is 4. The zero-order valence-corrected chi connectivity index (χ0v) is 45.3. The van der Waals surface area contributed by atoms with Crippen molar-refractivity contribution >= 4 is 44.6 Å². The summed E-state index contributed by atoms with van der Waals surface area (Å²) in [6.45, 7) is 18.1. The molecule has 0 saturated carbocycles. The molecule has 0 spiro atoms. The van der Waals surface area contributed by atoms with E-state index in [0.29, 0.717) is 34.9 Å². The van der Waals surface area contributed by atoms with Gasteiger partial charge in [0, 0.05) is 52.8 Å². The molecule has 1 aliphatic carbocycles. The number of aromatic nitrogens is 2. The fourth-order valence-electron chi connectivity index (χ4n) is 11.8. The minimum atomic E-state index is -2.29. The summed E-state index contributed by atoms with van der Waals surface area (Å²) in [5, 5.41) is 2.27. The van der Waals surface area contributed by atoms with E-state index in [2.05, 4.69) is 196 Å². The van der Waals surface area contributed by atoms with Crippen molar-refractivity contribution in [3.8, 4) is 50.7 Å². The first kappa shape index (κ1) is 43.4. The largest absolute Gasteiger partial charge is 0.457 e. The number of aryl methyl sites for hydroxylation is 1. The van der Waals surface area contributed by atoms with Crippen molar-refractivity contribution in [2.24, 2.45) is 5.92 Å². The van der Waals surface area contributed by atoms with Crippen LogP contribution in [0.1, 0.15) is 110 Å². The van der Waals surface area contributed by atoms with Gasteiger partial charge in [0.15, 0.2) is 0 Å². The topological polar surface area (TPSA) is 33.5 Å². The summed E-state index contributed by atoms with van der Waals surface area (Å²) in [6.07, 6.45) is 2.38. The molecule has 2 aliphatic rings. The summed E-state index contributed by atoms with van der Waals surface area (Å²) in [5.41, 5.74) is 15.9.